The fraction of sp³-hybridized carbons (Fsp3) is 0.353. The van der Waals surface area contributed by atoms with E-state index in [2.05, 4.69) is 19.9 Å². The van der Waals surface area contributed by atoms with Crippen LogP contribution in [0, 0.1) is 0 Å². The second-order valence-electron chi connectivity index (χ2n) is 11.6. The molecule has 1 aliphatic rings. The average molecular weight is 625 g/mol. The Morgan fingerprint density at radius 1 is 0.957 bits per heavy atom. The molecule has 46 heavy (non-hydrogen) atoms. The normalized spacial score (nSPS) is 13.2. The van der Waals surface area contributed by atoms with Gasteiger partial charge >= 0.3 is 0 Å². The standard InChI is InChI=1S/C34H40N8O4/c1-39(2)33(45)28-20-24-21-36-34(38-32(24)42(28)25-8-6-7-9-25)37-30-16-12-26(22-35-30)40(3)18-19-41(4)31(44)17-15-29(43)23-10-13-27(46-5)14-11-23/h10-17,20-22,25H,6-9,18-19H2,1-5H3,(H,35,36,37,38)/b17-15+. The van der Waals surface area contributed by atoms with Crippen LogP contribution in [-0.4, -0.2) is 95.3 Å². The molecule has 1 N–H and O–H groups in total. The summed E-state index contributed by atoms with van der Waals surface area (Å²) in [5, 5.41) is 4.02. The zero-order chi connectivity index (χ0) is 32.8. The van der Waals surface area contributed by atoms with Crippen LogP contribution in [0.5, 0.6) is 5.75 Å². The van der Waals surface area contributed by atoms with Crippen LogP contribution in [0.2, 0.25) is 0 Å². The molecule has 0 spiro atoms. The van der Waals surface area contributed by atoms with E-state index in [1.54, 1.807) is 74.7 Å². The number of ketones is 1. The van der Waals surface area contributed by atoms with Gasteiger partial charge in [0.2, 0.25) is 11.9 Å². The number of nitrogens with zero attached hydrogens (tertiary/aromatic N) is 7. The number of carbonyl (C=O) groups excluding carboxylic acids is 3. The topological polar surface area (TPSA) is 126 Å². The molecule has 0 aliphatic heterocycles. The van der Waals surface area contributed by atoms with Crippen molar-refractivity contribution in [2.24, 2.45) is 0 Å². The third-order valence-electron chi connectivity index (χ3n) is 8.22. The quantitative estimate of drug-likeness (QED) is 0.176. The number of benzene rings is 1. The Balaban J connectivity index is 1.18. The Morgan fingerprint density at radius 3 is 2.35 bits per heavy atom. The van der Waals surface area contributed by atoms with E-state index >= 15 is 0 Å². The van der Waals surface area contributed by atoms with E-state index in [0.717, 1.165) is 42.4 Å². The number of rotatable bonds is 12. The number of nitrogens with one attached hydrogen (secondary N) is 1. The minimum atomic E-state index is -0.262. The molecule has 4 aromatic rings. The van der Waals surface area contributed by atoms with Gasteiger partial charge in [-0.25, -0.2) is 9.97 Å². The summed E-state index contributed by atoms with van der Waals surface area (Å²) in [5.41, 5.74) is 2.72. The third kappa shape index (κ3) is 7.33. The van der Waals surface area contributed by atoms with Crippen molar-refractivity contribution in [1.82, 2.24) is 29.3 Å². The summed E-state index contributed by atoms with van der Waals surface area (Å²) < 4.78 is 7.20. The fourth-order valence-corrected chi connectivity index (χ4v) is 5.46. The van der Waals surface area contributed by atoms with Crippen molar-refractivity contribution in [2.75, 3.05) is 58.6 Å². The van der Waals surface area contributed by atoms with E-state index in [1.165, 1.54) is 12.2 Å². The zero-order valence-electron chi connectivity index (χ0n) is 26.9. The van der Waals surface area contributed by atoms with Crippen molar-refractivity contribution in [2.45, 2.75) is 31.7 Å². The zero-order valence-corrected chi connectivity index (χ0v) is 26.9. The predicted octanol–water partition coefficient (Wildman–Crippen LogP) is 4.73. The van der Waals surface area contributed by atoms with Gasteiger partial charge in [0.1, 0.15) is 22.9 Å². The molecule has 1 aromatic carbocycles. The predicted molar refractivity (Wildman–Crippen MR) is 178 cm³/mol. The lowest BCUT2D eigenvalue weighted by atomic mass is 10.1. The number of allylic oxidation sites excluding steroid dienone is 1. The molecule has 2 amide bonds. The fourth-order valence-electron chi connectivity index (χ4n) is 5.46. The maximum Gasteiger partial charge on any atom is 0.270 e. The van der Waals surface area contributed by atoms with E-state index in [1.807, 2.05) is 30.1 Å². The molecule has 12 nitrogen and oxygen atoms in total. The molecule has 0 unspecified atom stereocenters. The Morgan fingerprint density at radius 2 is 1.70 bits per heavy atom. The summed E-state index contributed by atoms with van der Waals surface area (Å²) >= 11 is 0. The van der Waals surface area contributed by atoms with E-state index in [4.69, 9.17) is 9.72 Å². The number of fused-ring (bicyclic) bond motifs is 1. The first-order valence-corrected chi connectivity index (χ1v) is 15.3. The molecule has 1 aliphatic carbocycles. The molecule has 3 heterocycles. The van der Waals surface area contributed by atoms with Gasteiger partial charge in [-0.1, -0.05) is 12.8 Å². The van der Waals surface area contributed by atoms with Crippen molar-refractivity contribution < 1.29 is 19.1 Å². The molecule has 0 bridgehead atoms. The highest BCUT2D eigenvalue weighted by molar-refractivity contribution is 6.07. The molecule has 1 fully saturated rings. The minimum Gasteiger partial charge on any atom is -0.497 e. The van der Waals surface area contributed by atoms with Gasteiger partial charge in [-0.15, -0.1) is 0 Å². The van der Waals surface area contributed by atoms with Crippen LogP contribution in [0.4, 0.5) is 17.5 Å². The lowest BCUT2D eigenvalue weighted by molar-refractivity contribution is -0.124. The number of aromatic nitrogens is 4. The number of methoxy groups -OCH3 is 1. The highest BCUT2D eigenvalue weighted by Gasteiger charge is 2.26. The Kier molecular flexibility index (Phi) is 9.94. The first-order chi connectivity index (χ1) is 22.1. The van der Waals surface area contributed by atoms with Gasteiger partial charge in [0, 0.05) is 70.5 Å². The summed E-state index contributed by atoms with van der Waals surface area (Å²) in [6.45, 7) is 1.01. The molecule has 3 aromatic heterocycles. The number of pyridine rings is 1. The van der Waals surface area contributed by atoms with E-state index < -0.39 is 0 Å². The SMILES string of the molecule is COc1ccc(C(=O)/C=C/C(=O)N(C)CCN(C)c2ccc(Nc3ncc4cc(C(=O)N(C)C)n(C5CCCC5)c4n3)nc2)cc1. The highest BCUT2D eigenvalue weighted by Crippen LogP contribution is 2.35. The lowest BCUT2D eigenvalue weighted by Gasteiger charge is -2.23. The van der Waals surface area contributed by atoms with Gasteiger partial charge < -0.3 is 29.3 Å². The lowest BCUT2D eigenvalue weighted by Crippen LogP contribution is -2.34. The van der Waals surface area contributed by atoms with Crippen LogP contribution in [0.25, 0.3) is 11.0 Å². The molecule has 0 atom stereocenters. The maximum atomic E-state index is 13.0. The molecule has 5 rings (SSSR count). The summed E-state index contributed by atoms with van der Waals surface area (Å²) in [7, 11) is 8.70. The Hall–Kier alpha value is -5.26. The van der Waals surface area contributed by atoms with Crippen LogP contribution in [0.1, 0.15) is 52.6 Å². The number of ether oxygens (including phenoxy) is 1. The highest BCUT2D eigenvalue weighted by atomic mass is 16.5. The second kappa shape index (κ2) is 14.2. The van der Waals surface area contributed by atoms with Gasteiger partial charge in [0.05, 0.1) is 19.0 Å². The number of anilines is 3. The van der Waals surface area contributed by atoms with Crippen molar-refractivity contribution in [1.29, 1.82) is 0 Å². The van der Waals surface area contributed by atoms with Crippen molar-refractivity contribution in [3.8, 4) is 5.75 Å². The number of amides is 2. The number of hydrogen-bond donors (Lipinski definition) is 1. The number of carbonyl (C=O) groups is 3. The van der Waals surface area contributed by atoms with Gasteiger partial charge in [0.15, 0.2) is 5.78 Å². The van der Waals surface area contributed by atoms with Gasteiger partial charge in [-0.3, -0.25) is 14.4 Å². The molecule has 12 heteroatoms. The van der Waals surface area contributed by atoms with Crippen molar-refractivity contribution >= 4 is 46.1 Å². The van der Waals surface area contributed by atoms with Gasteiger partial charge in [-0.05, 0) is 61.4 Å². The summed E-state index contributed by atoms with van der Waals surface area (Å²) in [5.74, 6) is 1.08. The number of likely N-dealkylation sites (N-methyl/N-ethyl adjacent to an activating group) is 2. The molecular weight excluding hydrogens is 584 g/mol. The largest absolute Gasteiger partial charge is 0.497 e. The maximum absolute atomic E-state index is 13.0. The summed E-state index contributed by atoms with van der Waals surface area (Å²) in [6.07, 6.45) is 10.4. The average Bonchev–Trinajstić information content (AvgIpc) is 3.73. The van der Waals surface area contributed by atoms with E-state index in [-0.39, 0.29) is 23.6 Å². The molecular formula is C34H40N8O4. The number of hydrogen-bond acceptors (Lipinski definition) is 9. The molecule has 0 radical (unpaired) electrons. The van der Waals surface area contributed by atoms with Crippen LogP contribution in [0.15, 0.2) is 67.0 Å². The van der Waals surface area contributed by atoms with E-state index in [9.17, 15) is 14.4 Å². The first-order valence-electron chi connectivity index (χ1n) is 15.3. The first kappa shape index (κ1) is 32.1. The molecule has 0 saturated heterocycles. The van der Waals surface area contributed by atoms with Crippen LogP contribution in [-0.2, 0) is 4.79 Å². The third-order valence-corrected chi connectivity index (χ3v) is 8.22. The van der Waals surface area contributed by atoms with Crippen molar-refractivity contribution in [3.05, 3.63) is 78.3 Å². The molecule has 1 saturated carbocycles. The summed E-state index contributed by atoms with van der Waals surface area (Å²) in [4.78, 5) is 56.9. The van der Waals surface area contributed by atoms with Gasteiger partial charge in [-0.2, -0.15) is 4.98 Å². The van der Waals surface area contributed by atoms with Crippen LogP contribution < -0.4 is 15.0 Å². The van der Waals surface area contributed by atoms with Gasteiger partial charge in [0.25, 0.3) is 5.91 Å². The smallest absolute Gasteiger partial charge is 0.270 e. The van der Waals surface area contributed by atoms with Crippen LogP contribution >= 0.6 is 0 Å². The van der Waals surface area contributed by atoms with Crippen molar-refractivity contribution in [3.63, 3.8) is 0 Å². The van der Waals surface area contributed by atoms with E-state index in [0.29, 0.717) is 41.9 Å². The minimum absolute atomic E-state index is 0.0485. The van der Waals surface area contributed by atoms with Crippen LogP contribution in [0.3, 0.4) is 0 Å². The monoisotopic (exact) mass is 624 g/mol. The second-order valence-corrected chi connectivity index (χ2v) is 11.6. The Bertz CT molecular complexity index is 1720. The Labute approximate surface area is 268 Å². The summed E-state index contributed by atoms with van der Waals surface area (Å²) in [6, 6.07) is 12.6. The molecule has 240 valence electrons.